The maximum Gasteiger partial charge on any atom is 0.295 e. The Labute approximate surface area is 217 Å². The van der Waals surface area contributed by atoms with Crippen molar-refractivity contribution in [3.63, 3.8) is 0 Å². The number of carbonyl (C=O) groups excluding carboxylic acids is 2. The Morgan fingerprint density at radius 3 is 2.57 bits per heavy atom. The highest BCUT2D eigenvalue weighted by atomic mass is 16.5. The molecule has 37 heavy (non-hydrogen) atoms. The minimum absolute atomic E-state index is 0.0632. The zero-order chi connectivity index (χ0) is 25.9. The predicted octanol–water partition coefficient (Wildman–Crippen LogP) is 3.55. The van der Waals surface area contributed by atoms with Crippen molar-refractivity contribution < 1.29 is 28.9 Å². The van der Waals surface area contributed by atoms with Gasteiger partial charge in [0.2, 0.25) is 0 Å². The molecule has 2 fully saturated rings. The van der Waals surface area contributed by atoms with E-state index in [9.17, 15) is 14.7 Å². The van der Waals surface area contributed by atoms with Gasteiger partial charge in [0.15, 0.2) is 0 Å². The smallest absolute Gasteiger partial charge is 0.295 e. The van der Waals surface area contributed by atoms with E-state index >= 15 is 0 Å². The summed E-state index contributed by atoms with van der Waals surface area (Å²) < 4.78 is 16.8. The molecule has 2 aromatic rings. The zero-order valence-electron chi connectivity index (χ0n) is 21.4. The van der Waals surface area contributed by atoms with E-state index in [1.165, 1.54) is 0 Å². The standard InChI is InChI=1S/C29H34N2O6/c1-3-36-23-8-5-20(6-9-23)26-25(27(32)21-7-10-24-22(18-21)17-19(2)37-24)28(33)29(34)31(26)12-4-11-30-13-15-35-16-14-30/h5-10,18-19,26,32H,3-4,11-17H2,1-2H3/b27-25+. The van der Waals surface area contributed by atoms with Gasteiger partial charge in [-0.15, -0.1) is 0 Å². The maximum atomic E-state index is 13.3. The van der Waals surface area contributed by atoms with Gasteiger partial charge in [-0.25, -0.2) is 0 Å². The molecule has 196 valence electrons. The van der Waals surface area contributed by atoms with Gasteiger partial charge in [-0.2, -0.15) is 0 Å². The molecule has 0 saturated carbocycles. The molecular formula is C29H34N2O6. The average molecular weight is 507 g/mol. The molecule has 1 N–H and O–H groups in total. The normalized spacial score (nSPS) is 23.2. The number of ketones is 1. The SMILES string of the molecule is CCOc1ccc(C2/C(=C(\O)c3ccc4c(c3)CC(C)O4)C(=O)C(=O)N2CCCN2CCOCC2)cc1. The van der Waals surface area contributed by atoms with Crippen LogP contribution in [0.25, 0.3) is 5.76 Å². The molecule has 3 aliphatic heterocycles. The first-order valence-electron chi connectivity index (χ1n) is 13.1. The number of amides is 1. The van der Waals surface area contributed by atoms with Crippen molar-refractivity contribution in [1.82, 2.24) is 9.80 Å². The average Bonchev–Trinajstić information content (AvgIpc) is 3.40. The summed E-state index contributed by atoms with van der Waals surface area (Å²) in [4.78, 5) is 30.5. The van der Waals surface area contributed by atoms with Crippen molar-refractivity contribution in [2.75, 3.05) is 46.0 Å². The summed E-state index contributed by atoms with van der Waals surface area (Å²) in [7, 11) is 0. The quantitative estimate of drug-likeness (QED) is 0.333. The van der Waals surface area contributed by atoms with Crippen LogP contribution in [0.2, 0.25) is 0 Å². The van der Waals surface area contributed by atoms with Crippen molar-refractivity contribution >= 4 is 17.4 Å². The Morgan fingerprint density at radius 1 is 1.08 bits per heavy atom. The molecule has 0 radical (unpaired) electrons. The van der Waals surface area contributed by atoms with Crippen LogP contribution >= 0.6 is 0 Å². The second kappa shape index (κ2) is 10.9. The zero-order valence-corrected chi connectivity index (χ0v) is 21.4. The number of Topliss-reactive ketones (excluding diaryl/α,β-unsaturated/α-hetero) is 1. The molecule has 0 spiro atoms. The predicted molar refractivity (Wildman–Crippen MR) is 139 cm³/mol. The fourth-order valence-electron chi connectivity index (χ4n) is 5.38. The van der Waals surface area contributed by atoms with Crippen molar-refractivity contribution in [2.45, 2.75) is 38.8 Å². The molecule has 2 saturated heterocycles. The molecule has 1 amide bonds. The van der Waals surface area contributed by atoms with Crippen LogP contribution in [0.15, 0.2) is 48.0 Å². The molecule has 0 bridgehead atoms. The second-order valence-electron chi connectivity index (χ2n) is 9.76. The molecule has 3 aliphatic rings. The Morgan fingerprint density at radius 2 is 1.84 bits per heavy atom. The maximum absolute atomic E-state index is 13.3. The number of morpholine rings is 1. The van der Waals surface area contributed by atoms with E-state index in [1.807, 2.05) is 50.2 Å². The van der Waals surface area contributed by atoms with E-state index in [2.05, 4.69) is 4.90 Å². The summed E-state index contributed by atoms with van der Waals surface area (Å²) >= 11 is 0. The third-order valence-electron chi connectivity index (χ3n) is 7.19. The lowest BCUT2D eigenvalue weighted by Crippen LogP contribution is -2.38. The summed E-state index contributed by atoms with van der Waals surface area (Å²) in [6.45, 7) is 8.82. The van der Waals surface area contributed by atoms with Crippen LogP contribution in [0.4, 0.5) is 0 Å². The largest absolute Gasteiger partial charge is 0.507 e. The first kappa shape index (κ1) is 25.3. The van der Waals surface area contributed by atoms with E-state index in [4.69, 9.17) is 14.2 Å². The van der Waals surface area contributed by atoms with Gasteiger partial charge in [0.25, 0.3) is 11.7 Å². The number of fused-ring (bicyclic) bond motifs is 1. The van der Waals surface area contributed by atoms with Gasteiger partial charge in [0, 0.05) is 38.2 Å². The van der Waals surface area contributed by atoms with Crippen LogP contribution in [0.3, 0.4) is 0 Å². The molecule has 2 unspecified atom stereocenters. The van der Waals surface area contributed by atoms with Gasteiger partial charge in [-0.3, -0.25) is 14.5 Å². The number of carbonyl (C=O) groups is 2. The molecular weight excluding hydrogens is 472 g/mol. The molecule has 8 nitrogen and oxygen atoms in total. The Balaban J connectivity index is 1.47. The summed E-state index contributed by atoms with van der Waals surface area (Å²) in [5.41, 5.74) is 2.37. The highest BCUT2D eigenvalue weighted by Crippen LogP contribution is 2.41. The van der Waals surface area contributed by atoms with Crippen LogP contribution in [-0.4, -0.2) is 78.7 Å². The highest BCUT2D eigenvalue weighted by Gasteiger charge is 2.46. The van der Waals surface area contributed by atoms with E-state index in [-0.39, 0.29) is 17.4 Å². The number of rotatable bonds is 8. The number of ether oxygens (including phenoxy) is 3. The summed E-state index contributed by atoms with van der Waals surface area (Å²) in [5.74, 6) is 0.0996. The minimum atomic E-state index is -0.677. The number of likely N-dealkylation sites (tertiary alicyclic amines) is 1. The molecule has 0 aliphatic carbocycles. The highest BCUT2D eigenvalue weighted by molar-refractivity contribution is 6.46. The Kier molecular flexibility index (Phi) is 7.48. The Hall–Kier alpha value is -3.36. The summed E-state index contributed by atoms with van der Waals surface area (Å²) in [5, 5.41) is 11.4. The molecule has 0 aromatic heterocycles. The monoisotopic (exact) mass is 506 g/mol. The first-order valence-corrected chi connectivity index (χ1v) is 13.1. The number of aliphatic hydroxyl groups excluding tert-OH is 1. The third kappa shape index (κ3) is 5.22. The number of hydrogen-bond acceptors (Lipinski definition) is 7. The van der Waals surface area contributed by atoms with Gasteiger partial charge in [0.1, 0.15) is 23.4 Å². The molecule has 2 atom stereocenters. The van der Waals surface area contributed by atoms with Crippen molar-refractivity contribution in [1.29, 1.82) is 0 Å². The molecule has 2 aromatic carbocycles. The van der Waals surface area contributed by atoms with E-state index in [0.717, 1.165) is 42.9 Å². The van der Waals surface area contributed by atoms with Crippen LogP contribution in [-0.2, 0) is 20.7 Å². The first-order chi connectivity index (χ1) is 18.0. The van der Waals surface area contributed by atoms with Crippen molar-refractivity contribution in [2.24, 2.45) is 0 Å². The molecule has 5 rings (SSSR count). The van der Waals surface area contributed by atoms with Crippen LogP contribution in [0.5, 0.6) is 11.5 Å². The Bertz CT molecular complexity index is 1190. The van der Waals surface area contributed by atoms with Gasteiger partial charge in [-0.1, -0.05) is 12.1 Å². The fraction of sp³-hybridized carbons (Fsp3) is 0.448. The molecule has 8 heteroatoms. The lowest BCUT2D eigenvalue weighted by Gasteiger charge is -2.29. The van der Waals surface area contributed by atoms with E-state index in [0.29, 0.717) is 44.1 Å². The van der Waals surface area contributed by atoms with Gasteiger partial charge >= 0.3 is 0 Å². The van der Waals surface area contributed by atoms with Crippen LogP contribution in [0, 0.1) is 0 Å². The summed E-state index contributed by atoms with van der Waals surface area (Å²) in [6, 6.07) is 12.1. The lowest BCUT2D eigenvalue weighted by atomic mass is 9.94. The van der Waals surface area contributed by atoms with Crippen molar-refractivity contribution in [3.8, 4) is 11.5 Å². The molecule has 3 heterocycles. The number of nitrogens with zero attached hydrogens (tertiary/aromatic N) is 2. The second-order valence-corrected chi connectivity index (χ2v) is 9.76. The number of benzene rings is 2. The van der Waals surface area contributed by atoms with Gasteiger partial charge < -0.3 is 24.2 Å². The third-order valence-corrected chi connectivity index (χ3v) is 7.19. The fourth-order valence-corrected chi connectivity index (χ4v) is 5.38. The lowest BCUT2D eigenvalue weighted by molar-refractivity contribution is -0.140. The summed E-state index contributed by atoms with van der Waals surface area (Å²) in [6.07, 6.45) is 1.51. The van der Waals surface area contributed by atoms with Crippen LogP contribution < -0.4 is 9.47 Å². The number of hydrogen-bond donors (Lipinski definition) is 1. The van der Waals surface area contributed by atoms with Crippen LogP contribution in [0.1, 0.15) is 43.0 Å². The van der Waals surface area contributed by atoms with Gasteiger partial charge in [0.05, 0.1) is 31.4 Å². The van der Waals surface area contributed by atoms with E-state index < -0.39 is 17.7 Å². The van der Waals surface area contributed by atoms with Crippen molar-refractivity contribution in [3.05, 3.63) is 64.7 Å². The topological polar surface area (TPSA) is 88.5 Å². The number of aliphatic hydroxyl groups is 1. The minimum Gasteiger partial charge on any atom is -0.507 e. The van der Waals surface area contributed by atoms with Gasteiger partial charge in [-0.05, 0) is 61.7 Å². The van der Waals surface area contributed by atoms with E-state index in [1.54, 1.807) is 11.0 Å².